The highest BCUT2D eigenvalue weighted by atomic mass is 19.1. The molecule has 0 amide bonds. The first-order valence-electron chi connectivity index (χ1n) is 7.90. The summed E-state index contributed by atoms with van der Waals surface area (Å²) in [6, 6.07) is 8.58. The van der Waals surface area contributed by atoms with E-state index in [1.807, 2.05) is 6.07 Å². The van der Waals surface area contributed by atoms with E-state index in [1.165, 1.54) is 12.1 Å². The van der Waals surface area contributed by atoms with Crippen molar-refractivity contribution >= 4 is 0 Å². The quantitative estimate of drug-likeness (QED) is 0.919. The fraction of sp³-hybridized carbons (Fsp3) is 0.500. The van der Waals surface area contributed by atoms with Crippen LogP contribution in [0.25, 0.3) is 0 Å². The molecule has 2 aromatic rings. The van der Waals surface area contributed by atoms with Crippen molar-refractivity contribution in [2.24, 2.45) is 0 Å². The van der Waals surface area contributed by atoms with Gasteiger partial charge in [0.1, 0.15) is 11.6 Å². The molecule has 0 unspecified atom stereocenters. The number of aromatic nitrogens is 1. The molecule has 0 radical (unpaired) electrons. The van der Waals surface area contributed by atoms with Crippen molar-refractivity contribution in [1.82, 2.24) is 10.5 Å². The number of nitrogens with one attached hydrogen (secondary N) is 1. The molecule has 0 spiro atoms. The van der Waals surface area contributed by atoms with Gasteiger partial charge in [0, 0.05) is 24.4 Å². The molecule has 1 fully saturated rings. The van der Waals surface area contributed by atoms with Crippen LogP contribution in [0.5, 0.6) is 0 Å². The molecule has 1 aliphatic rings. The van der Waals surface area contributed by atoms with Crippen LogP contribution in [0, 0.1) is 5.82 Å². The van der Waals surface area contributed by atoms with Crippen LogP contribution < -0.4 is 5.32 Å². The van der Waals surface area contributed by atoms with E-state index in [2.05, 4.69) is 31.2 Å². The Morgan fingerprint density at radius 2 is 1.91 bits per heavy atom. The van der Waals surface area contributed by atoms with E-state index < -0.39 is 0 Å². The summed E-state index contributed by atoms with van der Waals surface area (Å²) in [4.78, 5) is 0. The Morgan fingerprint density at radius 3 is 2.43 bits per heavy atom. The largest absolute Gasteiger partial charge is 0.377 e. The first kappa shape index (κ1) is 16.1. The molecule has 1 aliphatic heterocycles. The smallest absolute Gasteiger partial charge is 0.142 e. The minimum Gasteiger partial charge on any atom is -0.377 e. The van der Waals surface area contributed by atoms with Gasteiger partial charge in [0.15, 0.2) is 0 Å². The number of nitrogens with zero attached hydrogens (tertiary/aromatic N) is 1. The van der Waals surface area contributed by atoms with Crippen molar-refractivity contribution in [3.05, 3.63) is 53.2 Å². The summed E-state index contributed by atoms with van der Waals surface area (Å²) in [5, 5.41) is 7.73. The highest BCUT2D eigenvalue weighted by Crippen LogP contribution is 2.27. The van der Waals surface area contributed by atoms with E-state index >= 15 is 0 Å². The molecule has 1 aromatic carbocycles. The average Bonchev–Trinajstić information content (AvgIpc) is 2.92. The summed E-state index contributed by atoms with van der Waals surface area (Å²) < 4.78 is 23.8. The van der Waals surface area contributed by atoms with Crippen LogP contribution in [0.1, 0.15) is 37.8 Å². The van der Waals surface area contributed by atoms with Crippen LogP contribution in [0.15, 0.2) is 34.9 Å². The summed E-state index contributed by atoms with van der Waals surface area (Å²) in [7, 11) is 0. The fourth-order valence-electron chi connectivity index (χ4n) is 2.60. The Morgan fingerprint density at radius 1 is 1.22 bits per heavy atom. The van der Waals surface area contributed by atoms with E-state index in [-0.39, 0.29) is 16.8 Å². The molecule has 2 heterocycles. The Balaban J connectivity index is 1.64. The van der Waals surface area contributed by atoms with Crippen LogP contribution in [0.3, 0.4) is 0 Å². The maximum absolute atomic E-state index is 13.0. The summed E-state index contributed by atoms with van der Waals surface area (Å²) in [5.41, 5.74) is 1.81. The van der Waals surface area contributed by atoms with Crippen LogP contribution >= 0.6 is 0 Å². The Kier molecular flexibility index (Phi) is 4.25. The molecule has 4 nitrogen and oxygen atoms in total. The van der Waals surface area contributed by atoms with E-state index in [0.29, 0.717) is 19.8 Å². The molecule has 3 rings (SSSR count). The van der Waals surface area contributed by atoms with Crippen molar-refractivity contribution in [3.63, 3.8) is 0 Å². The number of benzene rings is 1. The third-order valence-electron chi connectivity index (χ3n) is 4.16. The summed E-state index contributed by atoms with van der Waals surface area (Å²) >= 11 is 0. The van der Waals surface area contributed by atoms with Crippen molar-refractivity contribution < 1.29 is 13.7 Å². The predicted molar refractivity (Wildman–Crippen MR) is 85.7 cm³/mol. The first-order valence-corrected chi connectivity index (χ1v) is 7.90. The zero-order valence-corrected chi connectivity index (χ0v) is 13.9. The molecule has 0 saturated carbocycles. The van der Waals surface area contributed by atoms with Gasteiger partial charge in [0.25, 0.3) is 0 Å². The van der Waals surface area contributed by atoms with Gasteiger partial charge in [-0.25, -0.2) is 4.39 Å². The van der Waals surface area contributed by atoms with Gasteiger partial charge < -0.3 is 14.6 Å². The van der Waals surface area contributed by atoms with Crippen LogP contribution in [-0.2, 0) is 23.1 Å². The third kappa shape index (κ3) is 3.79. The average molecular weight is 318 g/mol. The maximum Gasteiger partial charge on any atom is 0.142 e. The van der Waals surface area contributed by atoms with Crippen molar-refractivity contribution in [2.75, 3.05) is 13.2 Å². The van der Waals surface area contributed by atoms with Gasteiger partial charge in [-0.1, -0.05) is 38.1 Å². The first-order chi connectivity index (χ1) is 10.9. The van der Waals surface area contributed by atoms with Gasteiger partial charge in [0.2, 0.25) is 0 Å². The standard InChI is InChI=1S/C18H23FN2O2/c1-17(2,3)16-8-15(21-23-16)9-18(11-22-12-18)20-10-13-4-6-14(19)7-5-13/h4-8,20H,9-12H2,1-3H3. The summed E-state index contributed by atoms with van der Waals surface area (Å²) in [5.74, 6) is 0.675. The number of hydrogen-bond acceptors (Lipinski definition) is 4. The Bertz CT molecular complexity index is 654. The molecule has 1 N–H and O–H groups in total. The molecule has 1 aromatic heterocycles. The zero-order valence-electron chi connectivity index (χ0n) is 13.9. The van der Waals surface area contributed by atoms with Gasteiger partial charge in [-0.05, 0) is 17.7 Å². The van der Waals surface area contributed by atoms with Gasteiger partial charge in [0.05, 0.1) is 24.4 Å². The van der Waals surface area contributed by atoms with Gasteiger partial charge >= 0.3 is 0 Å². The van der Waals surface area contributed by atoms with Gasteiger partial charge in [-0.3, -0.25) is 0 Å². The van der Waals surface area contributed by atoms with Crippen LogP contribution in [0.4, 0.5) is 4.39 Å². The van der Waals surface area contributed by atoms with E-state index in [0.717, 1.165) is 23.4 Å². The third-order valence-corrected chi connectivity index (χ3v) is 4.16. The second-order valence-corrected chi connectivity index (χ2v) is 7.36. The molecule has 1 saturated heterocycles. The molecular weight excluding hydrogens is 295 g/mol. The molecule has 23 heavy (non-hydrogen) atoms. The topological polar surface area (TPSA) is 47.3 Å². The number of ether oxygens (including phenoxy) is 1. The molecule has 0 atom stereocenters. The maximum atomic E-state index is 13.0. The van der Waals surface area contributed by atoms with Crippen molar-refractivity contribution in [1.29, 1.82) is 0 Å². The van der Waals surface area contributed by atoms with Gasteiger partial charge in [-0.15, -0.1) is 0 Å². The SMILES string of the molecule is CC(C)(C)c1cc(CC2(NCc3ccc(F)cc3)COC2)no1. The van der Waals surface area contributed by atoms with Crippen molar-refractivity contribution in [2.45, 2.75) is 44.7 Å². The highest BCUT2D eigenvalue weighted by molar-refractivity contribution is 5.19. The number of hydrogen-bond donors (Lipinski definition) is 1. The lowest BCUT2D eigenvalue weighted by Crippen LogP contribution is -2.61. The molecule has 0 bridgehead atoms. The van der Waals surface area contributed by atoms with E-state index in [4.69, 9.17) is 9.26 Å². The molecular formula is C18H23FN2O2. The Hall–Kier alpha value is -1.72. The Labute approximate surface area is 136 Å². The summed E-state index contributed by atoms with van der Waals surface area (Å²) in [6.45, 7) is 8.27. The van der Waals surface area contributed by atoms with Crippen LogP contribution in [0.2, 0.25) is 0 Å². The molecule has 0 aliphatic carbocycles. The fourth-order valence-corrected chi connectivity index (χ4v) is 2.60. The minimum atomic E-state index is -0.215. The highest BCUT2D eigenvalue weighted by Gasteiger charge is 2.39. The van der Waals surface area contributed by atoms with Crippen LogP contribution in [-0.4, -0.2) is 23.9 Å². The summed E-state index contributed by atoms with van der Waals surface area (Å²) in [6.07, 6.45) is 0.758. The van der Waals surface area contributed by atoms with Crippen molar-refractivity contribution in [3.8, 4) is 0 Å². The lowest BCUT2D eigenvalue weighted by atomic mass is 9.89. The second-order valence-electron chi connectivity index (χ2n) is 7.36. The lowest BCUT2D eigenvalue weighted by Gasteiger charge is -2.42. The second kappa shape index (κ2) is 6.06. The normalized spacial score (nSPS) is 17.0. The minimum absolute atomic E-state index is 0.0456. The molecule has 124 valence electrons. The number of halogens is 1. The van der Waals surface area contributed by atoms with E-state index in [1.54, 1.807) is 12.1 Å². The van der Waals surface area contributed by atoms with Gasteiger partial charge in [-0.2, -0.15) is 0 Å². The monoisotopic (exact) mass is 318 g/mol. The predicted octanol–water partition coefficient (Wildman–Crippen LogP) is 3.21. The zero-order chi connectivity index (χ0) is 16.5. The number of rotatable bonds is 5. The lowest BCUT2D eigenvalue weighted by molar-refractivity contribution is -0.0755. The molecule has 5 heteroatoms. The van der Waals surface area contributed by atoms with E-state index in [9.17, 15) is 4.39 Å².